The van der Waals surface area contributed by atoms with Crippen molar-refractivity contribution in [3.63, 3.8) is 0 Å². The average molecular weight is 353 g/mol. The second-order valence-electron chi connectivity index (χ2n) is 5.22. The van der Waals surface area contributed by atoms with E-state index >= 15 is 0 Å². The van der Waals surface area contributed by atoms with Crippen LogP contribution in [-0.4, -0.2) is 5.91 Å². The zero-order valence-electron chi connectivity index (χ0n) is 13.3. The standard InChI is InChI=1S/C18H21ClN2O.ClH/c1-3-18(22)21-16-10-8-14(9-11-16)13(2)20-12-15-6-4-5-7-17(15)19;/h4-11,13,20H,3,12H2,1-2H3,(H,21,22);1H. The van der Waals surface area contributed by atoms with Gasteiger partial charge in [-0.1, -0.05) is 48.9 Å². The third-order valence-corrected chi connectivity index (χ3v) is 3.94. The predicted octanol–water partition coefficient (Wildman–Crippen LogP) is 4.96. The van der Waals surface area contributed by atoms with Crippen molar-refractivity contribution in [2.75, 3.05) is 5.32 Å². The zero-order chi connectivity index (χ0) is 15.9. The Labute approximate surface area is 148 Å². The van der Waals surface area contributed by atoms with Crippen LogP contribution in [0, 0.1) is 0 Å². The van der Waals surface area contributed by atoms with Gasteiger partial charge in [-0.3, -0.25) is 4.79 Å². The lowest BCUT2D eigenvalue weighted by atomic mass is 10.1. The fraction of sp³-hybridized carbons (Fsp3) is 0.278. The van der Waals surface area contributed by atoms with Crippen molar-refractivity contribution in [2.24, 2.45) is 0 Å². The summed E-state index contributed by atoms with van der Waals surface area (Å²) in [5.74, 6) is 0.0256. The van der Waals surface area contributed by atoms with Gasteiger partial charge in [0.15, 0.2) is 0 Å². The molecule has 0 spiro atoms. The van der Waals surface area contributed by atoms with Gasteiger partial charge in [-0.2, -0.15) is 0 Å². The summed E-state index contributed by atoms with van der Waals surface area (Å²) in [5.41, 5.74) is 3.08. The van der Waals surface area contributed by atoms with Crippen LogP contribution in [-0.2, 0) is 11.3 Å². The van der Waals surface area contributed by atoms with Crippen LogP contribution in [0.15, 0.2) is 48.5 Å². The van der Waals surface area contributed by atoms with Gasteiger partial charge in [0.25, 0.3) is 0 Å². The van der Waals surface area contributed by atoms with E-state index in [1.54, 1.807) is 0 Å². The highest BCUT2D eigenvalue weighted by molar-refractivity contribution is 6.31. The molecular formula is C18H22Cl2N2O. The highest BCUT2D eigenvalue weighted by Crippen LogP contribution is 2.19. The molecule has 0 radical (unpaired) electrons. The first-order valence-electron chi connectivity index (χ1n) is 7.46. The first kappa shape index (κ1) is 19.5. The van der Waals surface area contributed by atoms with Gasteiger partial charge in [0.2, 0.25) is 5.91 Å². The molecule has 124 valence electrons. The van der Waals surface area contributed by atoms with Crippen LogP contribution in [0.5, 0.6) is 0 Å². The SMILES string of the molecule is CCC(=O)Nc1ccc(C(C)NCc2ccccc2Cl)cc1.Cl. The number of rotatable bonds is 6. The van der Waals surface area contributed by atoms with E-state index in [-0.39, 0.29) is 24.4 Å². The number of carbonyl (C=O) groups is 1. The van der Waals surface area contributed by atoms with Gasteiger partial charge < -0.3 is 10.6 Å². The minimum atomic E-state index is 0. The molecule has 0 fully saturated rings. The molecule has 0 saturated heterocycles. The normalized spacial score (nSPS) is 11.4. The summed E-state index contributed by atoms with van der Waals surface area (Å²) in [6, 6.07) is 15.9. The van der Waals surface area contributed by atoms with Crippen LogP contribution in [0.3, 0.4) is 0 Å². The fourth-order valence-electron chi connectivity index (χ4n) is 2.13. The lowest BCUT2D eigenvalue weighted by Gasteiger charge is -2.15. The van der Waals surface area contributed by atoms with Crippen molar-refractivity contribution in [3.8, 4) is 0 Å². The van der Waals surface area contributed by atoms with Crippen molar-refractivity contribution in [2.45, 2.75) is 32.9 Å². The number of benzene rings is 2. The number of halogens is 2. The highest BCUT2D eigenvalue weighted by Gasteiger charge is 2.07. The van der Waals surface area contributed by atoms with E-state index in [1.165, 1.54) is 5.56 Å². The topological polar surface area (TPSA) is 41.1 Å². The van der Waals surface area contributed by atoms with Gasteiger partial charge in [0, 0.05) is 29.7 Å². The minimum absolute atomic E-state index is 0. The van der Waals surface area contributed by atoms with Gasteiger partial charge in [-0.25, -0.2) is 0 Å². The van der Waals surface area contributed by atoms with E-state index in [4.69, 9.17) is 11.6 Å². The monoisotopic (exact) mass is 352 g/mol. The van der Waals surface area contributed by atoms with Crippen LogP contribution < -0.4 is 10.6 Å². The van der Waals surface area contributed by atoms with Gasteiger partial charge in [-0.15, -0.1) is 12.4 Å². The maximum Gasteiger partial charge on any atom is 0.224 e. The van der Waals surface area contributed by atoms with Crippen molar-refractivity contribution >= 4 is 35.6 Å². The van der Waals surface area contributed by atoms with E-state index in [1.807, 2.05) is 55.5 Å². The maximum atomic E-state index is 11.4. The Hall–Kier alpha value is -1.55. The third kappa shape index (κ3) is 5.87. The Morgan fingerprint density at radius 1 is 1.13 bits per heavy atom. The number of amides is 1. The summed E-state index contributed by atoms with van der Waals surface area (Å²) in [6.07, 6.45) is 0.484. The van der Waals surface area contributed by atoms with Crippen LogP contribution in [0.4, 0.5) is 5.69 Å². The Bertz CT molecular complexity index is 629. The molecule has 0 aliphatic rings. The molecule has 2 N–H and O–H groups in total. The van der Waals surface area contributed by atoms with Crippen molar-refractivity contribution in [1.82, 2.24) is 5.32 Å². The summed E-state index contributed by atoms with van der Waals surface area (Å²) in [5, 5.41) is 7.08. The zero-order valence-corrected chi connectivity index (χ0v) is 14.9. The molecule has 2 aromatic rings. The number of carbonyl (C=O) groups excluding carboxylic acids is 1. The van der Waals surface area contributed by atoms with Gasteiger partial charge in [0.05, 0.1) is 0 Å². The summed E-state index contributed by atoms with van der Waals surface area (Å²) in [7, 11) is 0. The van der Waals surface area contributed by atoms with E-state index in [9.17, 15) is 4.79 Å². The Morgan fingerprint density at radius 3 is 2.39 bits per heavy atom. The molecule has 0 saturated carbocycles. The van der Waals surface area contributed by atoms with E-state index in [2.05, 4.69) is 17.6 Å². The first-order valence-corrected chi connectivity index (χ1v) is 7.84. The molecule has 0 bridgehead atoms. The number of nitrogens with one attached hydrogen (secondary N) is 2. The number of hydrogen-bond acceptors (Lipinski definition) is 2. The van der Waals surface area contributed by atoms with Crippen LogP contribution in [0.25, 0.3) is 0 Å². The largest absolute Gasteiger partial charge is 0.326 e. The molecule has 0 aliphatic carbocycles. The van der Waals surface area contributed by atoms with E-state index < -0.39 is 0 Å². The molecule has 0 heterocycles. The summed E-state index contributed by atoms with van der Waals surface area (Å²) >= 11 is 6.16. The van der Waals surface area contributed by atoms with Gasteiger partial charge in [-0.05, 0) is 36.2 Å². The van der Waals surface area contributed by atoms with Crippen LogP contribution in [0.1, 0.15) is 37.4 Å². The molecule has 2 aromatic carbocycles. The van der Waals surface area contributed by atoms with Crippen molar-refractivity contribution < 1.29 is 4.79 Å². The molecule has 0 aliphatic heterocycles. The smallest absolute Gasteiger partial charge is 0.224 e. The average Bonchev–Trinajstić information content (AvgIpc) is 2.54. The van der Waals surface area contributed by atoms with Crippen molar-refractivity contribution in [1.29, 1.82) is 0 Å². The van der Waals surface area contributed by atoms with Gasteiger partial charge in [0.1, 0.15) is 0 Å². The Balaban J connectivity index is 0.00000264. The molecule has 5 heteroatoms. The lowest BCUT2D eigenvalue weighted by Crippen LogP contribution is -2.18. The second-order valence-corrected chi connectivity index (χ2v) is 5.62. The molecule has 1 atom stereocenters. The lowest BCUT2D eigenvalue weighted by molar-refractivity contribution is -0.115. The van der Waals surface area contributed by atoms with Crippen LogP contribution >= 0.6 is 24.0 Å². The summed E-state index contributed by atoms with van der Waals surface area (Å²) in [4.78, 5) is 11.4. The third-order valence-electron chi connectivity index (χ3n) is 3.57. The van der Waals surface area contributed by atoms with E-state index in [0.717, 1.165) is 22.8 Å². The number of hydrogen-bond donors (Lipinski definition) is 2. The molecule has 1 amide bonds. The predicted molar refractivity (Wildman–Crippen MR) is 99.3 cm³/mol. The molecular weight excluding hydrogens is 331 g/mol. The molecule has 0 aromatic heterocycles. The van der Waals surface area contributed by atoms with Gasteiger partial charge >= 0.3 is 0 Å². The Kier molecular flexibility index (Phi) is 8.10. The molecule has 1 unspecified atom stereocenters. The maximum absolute atomic E-state index is 11.4. The Morgan fingerprint density at radius 2 is 1.78 bits per heavy atom. The minimum Gasteiger partial charge on any atom is -0.326 e. The second kappa shape index (κ2) is 9.56. The highest BCUT2D eigenvalue weighted by atomic mass is 35.5. The quantitative estimate of drug-likeness (QED) is 0.771. The first-order chi connectivity index (χ1) is 10.6. The molecule has 2 rings (SSSR count). The fourth-order valence-corrected chi connectivity index (χ4v) is 2.33. The van der Waals surface area contributed by atoms with E-state index in [0.29, 0.717) is 6.42 Å². The van der Waals surface area contributed by atoms with Crippen molar-refractivity contribution in [3.05, 3.63) is 64.7 Å². The summed E-state index contributed by atoms with van der Waals surface area (Å²) < 4.78 is 0. The summed E-state index contributed by atoms with van der Waals surface area (Å²) in [6.45, 7) is 4.66. The van der Waals surface area contributed by atoms with Crippen LogP contribution in [0.2, 0.25) is 5.02 Å². The molecule has 3 nitrogen and oxygen atoms in total. The number of anilines is 1. The molecule has 23 heavy (non-hydrogen) atoms.